The average Bonchev–Trinajstić information content (AvgIpc) is 3.09. The van der Waals surface area contributed by atoms with E-state index in [2.05, 4.69) is 38.9 Å². The molecule has 2 aromatic heterocycles. The van der Waals surface area contributed by atoms with Gasteiger partial charge >= 0.3 is 0 Å². The summed E-state index contributed by atoms with van der Waals surface area (Å²) < 4.78 is 11.5. The topological polar surface area (TPSA) is 128 Å². The van der Waals surface area contributed by atoms with E-state index in [1.807, 2.05) is 25.1 Å². The third-order valence-electron chi connectivity index (χ3n) is 5.21. The van der Waals surface area contributed by atoms with Gasteiger partial charge in [0.2, 0.25) is 5.95 Å². The summed E-state index contributed by atoms with van der Waals surface area (Å²) in [7, 11) is 0. The summed E-state index contributed by atoms with van der Waals surface area (Å²) in [6.07, 6.45) is 0. The van der Waals surface area contributed by atoms with Gasteiger partial charge in [-0.05, 0) is 25.0 Å². The van der Waals surface area contributed by atoms with E-state index in [-0.39, 0.29) is 12.0 Å². The van der Waals surface area contributed by atoms with Crippen LogP contribution in [0.2, 0.25) is 0 Å². The van der Waals surface area contributed by atoms with E-state index in [0.29, 0.717) is 37.3 Å². The Labute approximate surface area is 169 Å². The van der Waals surface area contributed by atoms with Gasteiger partial charge < -0.3 is 25.8 Å². The van der Waals surface area contributed by atoms with E-state index < -0.39 is 0 Å². The summed E-state index contributed by atoms with van der Waals surface area (Å²) in [6.45, 7) is 8.91. The Morgan fingerprint density at radius 1 is 1.28 bits per heavy atom. The van der Waals surface area contributed by atoms with Crippen LogP contribution in [-0.4, -0.2) is 52.6 Å². The van der Waals surface area contributed by atoms with Crippen molar-refractivity contribution in [3.8, 4) is 17.0 Å². The standard InChI is InChI=1S/C20H27N7O2/c1-4-29-16-8-12(7-14-18(16)19(21)26-25-14)13-9-17(24-20(22)23-13)27-5-6-28-10-15(27)11(2)3/h7-9,11,15H,4-6,10H2,1-3H3,(H3,21,25,26)(H2,22,23,24). The summed E-state index contributed by atoms with van der Waals surface area (Å²) in [5, 5.41) is 7.83. The number of ether oxygens (including phenoxy) is 2. The molecule has 1 unspecified atom stereocenters. The Bertz CT molecular complexity index is 1020. The number of anilines is 3. The van der Waals surface area contributed by atoms with Gasteiger partial charge in [-0.3, -0.25) is 5.10 Å². The normalized spacial score (nSPS) is 17.2. The van der Waals surface area contributed by atoms with Crippen LogP contribution >= 0.6 is 0 Å². The molecule has 1 aromatic carbocycles. The van der Waals surface area contributed by atoms with Crippen molar-refractivity contribution in [3.63, 3.8) is 0 Å². The molecule has 1 atom stereocenters. The monoisotopic (exact) mass is 397 g/mol. The maximum Gasteiger partial charge on any atom is 0.222 e. The Kier molecular flexibility index (Phi) is 5.14. The van der Waals surface area contributed by atoms with E-state index in [0.717, 1.165) is 34.5 Å². The van der Waals surface area contributed by atoms with E-state index in [1.54, 1.807) is 0 Å². The highest BCUT2D eigenvalue weighted by atomic mass is 16.5. The van der Waals surface area contributed by atoms with Gasteiger partial charge in [-0.25, -0.2) is 4.98 Å². The molecule has 3 aromatic rings. The first-order chi connectivity index (χ1) is 14.0. The lowest BCUT2D eigenvalue weighted by atomic mass is 10.0. The number of fused-ring (bicyclic) bond motifs is 1. The largest absolute Gasteiger partial charge is 0.493 e. The second kappa shape index (κ2) is 7.75. The lowest BCUT2D eigenvalue weighted by Crippen LogP contribution is -2.48. The number of morpholine rings is 1. The molecule has 3 heterocycles. The van der Waals surface area contributed by atoms with Crippen molar-refractivity contribution >= 4 is 28.5 Å². The maximum absolute atomic E-state index is 6.09. The van der Waals surface area contributed by atoms with E-state index in [1.165, 1.54) is 0 Å². The number of benzene rings is 1. The molecule has 0 radical (unpaired) electrons. The number of aromatic amines is 1. The van der Waals surface area contributed by atoms with Gasteiger partial charge in [0.05, 0.1) is 42.5 Å². The van der Waals surface area contributed by atoms with Crippen LogP contribution in [0.3, 0.4) is 0 Å². The van der Waals surface area contributed by atoms with E-state index in [4.69, 9.17) is 20.9 Å². The highest BCUT2D eigenvalue weighted by Crippen LogP contribution is 2.35. The Balaban J connectivity index is 1.80. The van der Waals surface area contributed by atoms with Gasteiger partial charge in [0, 0.05) is 18.2 Å². The fraction of sp³-hybridized carbons (Fsp3) is 0.450. The number of hydrogen-bond donors (Lipinski definition) is 3. The molecule has 0 amide bonds. The molecule has 0 saturated carbocycles. The van der Waals surface area contributed by atoms with Crippen LogP contribution in [0.1, 0.15) is 20.8 Å². The molecule has 0 spiro atoms. The Hall–Kier alpha value is -3.07. The molecule has 1 saturated heterocycles. The van der Waals surface area contributed by atoms with Crippen molar-refractivity contribution in [2.45, 2.75) is 26.8 Å². The van der Waals surface area contributed by atoms with Crippen molar-refractivity contribution in [2.75, 3.05) is 42.7 Å². The predicted molar refractivity (Wildman–Crippen MR) is 114 cm³/mol. The number of H-pyrrole nitrogens is 1. The second-order valence-corrected chi connectivity index (χ2v) is 7.49. The zero-order valence-corrected chi connectivity index (χ0v) is 17.0. The number of aromatic nitrogens is 4. The number of rotatable bonds is 5. The molecule has 0 aliphatic carbocycles. The fourth-order valence-electron chi connectivity index (χ4n) is 3.77. The Morgan fingerprint density at radius 2 is 2.10 bits per heavy atom. The van der Waals surface area contributed by atoms with Crippen molar-refractivity contribution in [1.82, 2.24) is 20.2 Å². The Morgan fingerprint density at radius 3 is 2.86 bits per heavy atom. The van der Waals surface area contributed by atoms with Gasteiger partial charge in [-0.2, -0.15) is 10.1 Å². The van der Waals surface area contributed by atoms with Crippen LogP contribution < -0.4 is 21.1 Å². The average molecular weight is 397 g/mol. The van der Waals surface area contributed by atoms with Crippen LogP contribution in [-0.2, 0) is 4.74 Å². The first-order valence-electron chi connectivity index (χ1n) is 9.87. The zero-order chi connectivity index (χ0) is 20.5. The molecule has 1 aliphatic rings. The summed E-state index contributed by atoms with van der Waals surface area (Å²) in [4.78, 5) is 11.2. The van der Waals surface area contributed by atoms with Crippen molar-refractivity contribution < 1.29 is 9.47 Å². The van der Waals surface area contributed by atoms with Gasteiger partial charge in [-0.15, -0.1) is 0 Å². The van der Waals surface area contributed by atoms with Crippen molar-refractivity contribution in [2.24, 2.45) is 5.92 Å². The second-order valence-electron chi connectivity index (χ2n) is 7.49. The highest BCUT2D eigenvalue weighted by Gasteiger charge is 2.27. The van der Waals surface area contributed by atoms with Crippen LogP contribution in [0.25, 0.3) is 22.2 Å². The van der Waals surface area contributed by atoms with Gasteiger partial charge in [0.15, 0.2) is 5.82 Å². The smallest absolute Gasteiger partial charge is 0.222 e. The maximum atomic E-state index is 6.09. The summed E-state index contributed by atoms with van der Waals surface area (Å²) >= 11 is 0. The molecule has 1 aliphatic heterocycles. The molecule has 1 fully saturated rings. The first-order valence-corrected chi connectivity index (χ1v) is 9.87. The van der Waals surface area contributed by atoms with Gasteiger partial charge in [0.1, 0.15) is 11.6 Å². The van der Waals surface area contributed by atoms with Crippen molar-refractivity contribution in [1.29, 1.82) is 0 Å². The first kappa shape index (κ1) is 19.3. The van der Waals surface area contributed by atoms with Gasteiger partial charge in [0.25, 0.3) is 0 Å². The molecule has 4 rings (SSSR count). The van der Waals surface area contributed by atoms with Crippen LogP contribution in [0.15, 0.2) is 18.2 Å². The third-order valence-corrected chi connectivity index (χ3v) is 5.21. The molecule has 154 valence electrons. The lowest BCUT2D eigenvalue weighted by Gasteiger charge is -2.39. The van der Waals surface area contributed by atoms with E-state index in [9.17, 15) is 0 Å². The van der Waals surface area contributed by atoms with Crippen LogP contribution in [0.5, 0.6) is 5.75 Å². The minimum absolute atomic E-state index is 0.230. The molecule has 29 heavy (non-hydrogen) atoms. The molecular formula is C20H27N7O2. The number of nitrogens with one attached hydrogen (secondary N) is 1. The zero-order valence-electron chi connectivity index (χ0n) is 17.0. The fourth-order valence-corrected chi connectivity index (χ4v) is 3.77. The number of hydrogen-bond acceptors (Lipinski definition) is 8. The van der Waals surface area contributed by atoms with E-state index >= 15 is 0 Å². The minimum atomic E-state index is 0.230. The molecule has 9 nitrogen and oxygen atoms in total. The quantitative estimate of drug-likeness (QED) is 0.599. The number of nitrogen functional groups attached to an aromatic ring is 2. The predicted octanol–water partition coefficient (Wildman–Crippen LogP) is 2.44. The summed E-state index contributed by atoms with van der Waals surface area (Å²) in [5.74, 6) is 2.52. The van der Waals surface area contributed by atoms with Gasteiger partial charge in [-0.1, -0.05) is 13.8 Å². The highest BCUT2D eigenvalue weighted by molar-refractivity contribution is 5.97. The van der Waals surface area contributed by atoms with Crippen molar-refractivity contribution in [3.05, 3.63) is 18.2 Å². The molecule has 9 heteroatoms. The lowest BCUT2D eigenvalue weighted by molar-refractivity contribution is 0.0802. The molecule has 5 N–H and O–H groups in total. The third kappa shape index (κ3) is 3.65. The number of nitrogens with zero attached hydrogens (tertiary/aromatic N) is 4. The minimum Gasteiger partial charge on any atom is -0.493 e. The number of nitrogens with two attached hydrogens (primary N) is 2. The molecular weight excluding hydrogens is 370 g/mol. The molecule has 0 bridgehead atoms. The van der Waals surface area contributed by atoms with Crippen LogP contribution in [0, 0.1) is 5.92 Å². The summed E-state index contributed by atoms with van der Waals surface area (Å²) in [5.41, 5.74) is 14.4. The van der Waals surface area contributed by atoms with Crippen LogP contribution in [0.4, 0.5) is 17.6 Å². The summed E-state index contributed by atoms with van der Waals surface area (Å²) in [6, 6.07) is 6.07. The SMILES string of the molecule is CCOc1cc(-c2cc(N3CCOCC3C(C)C)nc(N)n2)cc2[nH]nc(N)c12.